The Kier molecular flexibility index (Phi) is 5.84. The quantitative estimate of drug-likeness (QED) is 0.619. The van der Waals surface area contributed by atoms with Gasteiger partial charge in [-0.05, 0) is 60.3 Å². The summed E-state index contributed by atoms with van der Waals surface area (Å²) < 4.78 is 30.2. The van der Waals surface area contributed by atoms with Crippen LogP contribution in [0.2, 0.25) is 0 Å². The van der Waals surface area contributed by atoms with Gasteiger partial charge in [0.05, 0.1) is 12.9 Å². The highest BCUT2D eigenvalue weighted by atomic mass is 32.2. The third-order valence-corrected chi connectivity index (χ3v) is 5.35. The van der Waals surface area contributed by atoms with Crippen molar-refractivity contribution in [1.29, 1.82) is 0 Å². The Balaban J connectivity index is 1.87. The van der Waals surface area contributed by atoms with E-state index in [0.29, 0.717) is 12.1 Å². The van der Waals surface area contributed by atoms with E-state index in [-0.39, 0.29) is 5.75 Å². The van der Waals surface area contributed by atoms with Crippen molar-refractivity contribution in [3.05, 3.63) is 65.4 Å². The smallest absolute Gasteiger partial charge is 0.213 e. The monoisotopic (exact) mass is 387 g/mol. The summed E-state index contributed by atoms with van der Waals surface area (Å²) in [5.41, 5.74) is 9.87. The molecule has 0 radical (unpaired) electrons. The predicted octanol–water partition coefficient (Wildman–Crippen LogP) is 2.18. The Labute approximate surface area is 159 Å². The van der Waals surface area contributed by atoms with Gasteiger partial charge in [0.2, 0.25) is 10.0 Å². The molecule has 7 heteroatoms. The molecule has 3 rings (SSSR count). The van der Waals surface area contributed by atoms with Crippen LogP contribution in [0.15, 0.2) is 48.7 Å². The lowest BCUT2D eigenvalue weighted by Gasteiger charge is -2.07. The van der Waals surface area contributed by atoms with Gasteiger partial charge in [0.15, 0.2) is 0 Å². The molecule has 0 spiro atoms. The van der Waals surface area contributed by atoms with Gasteiger partial charge in [-0.15, -0.1) is 0 Å². The first-order chi connectivity index (χ1) is 12.9. The maximum absolute atomic E-state index is 11.4. The normalized spacial score (nSPS) is 11.8. The summed E-state index contributed by atoms with van der Waals surface area (Å²) in [6.45, 7) is 1.36. The molecule has 0 unspecified atom stereocenters. The van der Waals surface area contributed by atoms with Gasteiger partial charge in [0.25, 0.3) is 0 Å². The topological polar surface area (TPSA) is 100 Å². The summed E-state index contributed by atoms with van der Waals surface area (Å²) >= 11 is 0. The molecule has 0 bridgehead atoms. The first-order valence-corrected chi connectivity index (χ1v) is 10.6. The van der Waals surface area contributed by atoms with Crippen molar-refractivity contribution in [2.24, 2.45) is 10.9 Å². The van der Waals surface area contributed by atoms with E-state index in [1.807, 2.05) is 30.3 Å². The number of ether oxygens (including phenoxy) is 1. The molecule has 0 amide bonds. The van der Waals surface area contributed by atoms with E-state index in [4.69, 9.17) is 15.6 Å². The molecule has 2 aromatic carbocycles. The van der Waals surface area contributed by atoms with Crippen LogP contribution in [0, 0.1) is 0 Å². The summed E-state index contributed by atoms with van der Waals surface area (Å²) in [6, 6.07) is 13.7. The predicted molar refractivity (Wildman–Crippen MR) is 108 cm³/mol. The Hall–Kier alpha value is -2.35. The number of fused-ring (bicyclic) bond motifs is 1. The molecule has 0 aliphatic rings. The number of nitrogens with zero attached hydrogens (tertiary/aromatic N) is 1. The van der Waals surface area contributed by atoms with Gasteiger partial charge < -0.3 is 15.0 Å². The molecule has 6 nitrogen and oxygen atoms in total. The lowest BCUT2D eigenvalue weighted by Crippen LogP contribution is -2.14. The van der Waals surface area contributed by atoms with Crippen LogP contribution in [0.5, 0.6) is 5.75 Å². The fraction of sp³-hybridized carbons (Fsp3) is 0.300. The third-order valence-electron chi connectivity index (χ3n) is 4.61. The fourth-order valence-electron chi connectivity index (χ4n) is 3.32. The van der Waals surface area contributed by atoms with Crippen molar-refractivity contribution < 1.29 is 13.2 Å². The molecule has 0 saturated heterocycles. The maximum Gasteiger partial charge on any atom is 0.213 e. The van der Waals surface area contributed by atoms with Gasteiger partial charge in [-0.3, -0.25) is 0 Å². The molecule has 27 heavy (non-hydrogen) atoms. The number of methoxy groups -OCH3 is 1. The molecule has 0 aliphatic carbocycles. The third kappa shape index (κ3) is 4.88. The second kappa shape index (κ2) is 8.12. The number of benzene rings is 2. The Morgan fingerprint density at radius 1 is 1.04 bits per heavy atom. The van der Waals surface area contributed by atoms with Gasteiger partial charge in [0, 0.05) is 23.6 Å². The largest absolute Gasteiger partial charge is 0.497 e. The Morgan fingerprint density at radius 3 is 2.37 bits per heavy atom. The summed E-state index contributed by atoms with van der Waals surface area (Å²) in [5, 5.41) is 6.22. The number of aromatic nitrogens is 1. The van der Waals surface area contributed by atoms with Crippen LogP contribution in [-0.4, -0.2) is 26.6 Å². The molecule has 1 heterocycles. The van der Waals surface area contributed by atoms with Crippen LogP contribution in [0.4, 0.5) is 0 Å². The first-order valence-electron chi connectivity index (χ1n) is 8.84. The van der Waals surface area contributed by atoms with E-state index in [2.05, 4.69) is 22.9 Å². The maximum atomic E-state index is 11.4. The Morgan fingerprint density at radius 2 is 1.74 bits per heavy atom. The molecule has 3 aromatic rings. The van der Waals surface area contributed by atoms with E-state index in [9.17, 15) is 8.42 Å². The van der Waals surface area contributed by atoms with Crippen LogP contribution in [0.1, 0.15) is 16.7 Å². The summed E-state index contributed by atoms with van der Waals surface area (Å²) in [7, 11) is -1.90. The number of sulfonamides is 1. The molecule has 144 valence electrons. The van der Waals surface area contributed by atoms with Gasteiger partial charge in [0.1, 0.15) is 5.75 Å². The number of hydrogen-bond acceptors (Lipinski definition) is 4. The van der Waals surface area contributed by atoms with Crippen molar-refractivity contribution in [3.8, 4) is 5.75 Å². The van der Waals surface area contributed by atoms with Crippen LogP contribution < -0.4 is 15.6 Å². The molecule has 1 aromatic heterocycles. The van der Waals surface area contributed by atoms with Crippen molar-refractivity contribution in [2.75, 3.05) is 13.7 Å². The average molecular weight is 388 g/mol. The van der Waals surface area contributed by atoms with Gasteiger partial charge >= 0.3 is 0 Å². The highest BCUT2D eigenvalue weighted by molar-refractivity contribution is 7.88. The van der Waals surface area contributed by atoms with E-state index in [1.54, 1.807) is 7.11 Å². The standard InChI is InChI=1S/C20H25N3O3S/c1-26-18-5-2-15(3-6-18)9-11-23-13-17(8-10-21)19-12-16(4-7-20(19)23)14-27(22,24)25/h2-7,12-13H,8-11,14,21H2,1H3,(H2,22,24,25). The highest BCUT2D eigenvalue weighted by Gasteiger charge is 2.12. The van der Waals surface area contributed by atoms with Crippen LogP contribution >= 0.6 is 0 Å². The minimum absolute atomic E-state index is 0.165. The van der Waals surface area contributed by atoms with Gasteiger partial charge in [-0.25, -0.2) is 13.6 Å². The molecule has 4 N–H and O–H groups in total. The van der Waals surface area contributed by atoms with Crippen molar-refractivity contribution in [3.63, 3.8) is 0 Å². The van der Waals surface area contributed by atoms with E-state index < -0.39 is 10.0 Å². The number of hydrogen-bond donors (Lipinski definition) is 2. The number of aryl methyl sites for hydroxylation is 2. The van der Waals surface area contributed by atoms with E-state index >= 15 is 0 Å². The highest BCUT2D eigenvalue weighted by Crippen LogP contribution is 2.25. The van der Waals surface area contributed by atoms with Crippen LogP contribution in [-0.2, 0) is 35.2 Å². The first kappa shape index (κ1) is 19.4. The molecule has 0 fully saturated rings. The molecular weight excluding hydrogens is 362 g/mol. The summed E-state index contributed by atoms with van der Waals surface area (Å²) in [5.74, 6) is 0.681. The number of rotatable bonds is 8. The zero-order valence-electron chi connectivity index (χ0n) is 15.4. The lowest BCUT2D eigenvalue weighted by molar-refractivity contribution is 0.414. The second-order valence-corrected chi connectivity index (χ2v) is 8.26. The van der Waals surface area contributed by atoms with Gasteiger partial charge in [-0.1, -0.05) is 18.2 Å². The van der Waals surface area contributed by atoms with E-state index in [0.717, 1.165) is 41.6 Å². The summed E-state index contributed by atoms with van der Waals surface area (Å²) in [6.07, 6.45) is 3.74. The van der Waals surface area contributed by atoms with Gasteiger partial charge in [-0.2, -0.15) is 0 Å². The number of primary sulfonamides is 1. The zero-order chi connectivity index (χ0) is 19.4. The van der Waals surface area contributed by atoms with Crippen molar-refractivity contribution >= 4 is 20.9 Å². The molecule has 0 atom stereocenters. The fourth-order valence-corrected chi connectivity index (χ4v) is 3.97. The van der Waals surface area contributed by atoms with Crippen molar-refractivity contribution in [2.45, 2.75) is 25.1 Å². The SMILES string of the molecule is COc1ccc(CCn2cc(CCN)c3cc(CS(N)(=O)=O)ccc32)cc1. The van der Waals surface area contributed by atoms with Crippen LogP contribution in [0.3, 0.4) is 0 Å². The summed E-state index contributed by atoms with van der Waals surface area (Å²) in [4.78, 5) is 0. The minimum atomic E-state index is -3.56. The van der Waals surface area contributed by atoms with E-state index in [1.165, 1.54) is 5.56 Å². The number of nitrogens with two attached hydrogens (primary N) is 2. The van der Waals surface area contributed by atoms with Crippen molar-refractivity contribution in [1.82, 2.24) is 4.57 Å². The average Bonchev–Trinajstić information content (AvgIpc) is 2.96. The molecular formula is C20H25N3O3S. The van der Waals surface area contributed by atoms with Crippen LogP contribution in [0.25, 0.3) is 10.9 Å². The zero-order valence-corrected chi connectivity index (χ0v) is 16.2. The minimum Gasteiger partial charge on any atom is -0.497 e. The Bertz CT molecular complexity index is 1020. The molecule has 0 aliphatic heterocycles. The second-order valence-electron chi connectivity index (χ2n) is 6.64. The molecule has 0 saturated carbocycles. The lowest BCUT2D eigenvalue weighted by atomic mass is 10.1.